The summed E-state index contributed by atoms with van der Waals surface area (Å²) in [6, 6.07) is 19.4. The molecule has 0 aliphatic heterocycles. The second-order valence-corrected chi connectivity index (χ2v) is 11.2. The van der Waals surface area contributed by atoms with Crippen molar-refractivity contribution in [2.24, 2.45) is 0 Å². The molecule has 1 aromatic heterocycles. The minimum absolute atomic E-state index is 0.151. The van der Waals surface area contributed by atoms with Crippen molar-refractivity contribution in [1.82, 2.24) is 4.98 Å². The van der Waals surface area contributed by atoms with Crippen LogP contribution < -0.4 is 9.64 Å². The fourth-order valence-electron chi connectivity index (χ4n) is 3.49. The maximum absolute atomic E-state index is 13.3. The summed E-state index contributed by atoms with van der Waals surface area (Å²) >= 11 is 7.70. The second-order valence-electron chi connectivity index (χ2n) is 7.75. The third kappa shape index (κ3) is 5.24. The number of hydrogen-bond acceptors (Lipinski definition) is 6. The molecule has 4 rings (SSSR count). The highest BCUT2D eigenvalue weighted by Gasteiger charge is 2.24. The van der Waals surface area contributed by atoms with Gasteiger partial charge in [-0.25, -0.2) is 13.4 Å². The molecule has 176 valence electrons. The predicted molar refractivity (Wildman–Crippen MR) is 137 cm³/mol. The van der Waals surface area contributed by atoms with Gasteiger partial charge in [-0.15, -0.1) is 0 Å². The van der Waals surface area contributed by atoms with E-state index in [0.717, 1.165) is 21.3 Å². The van der Waals surface area contributed by atoms with Crippen molar-refractivity contribution < 1.29 is 17.9 Å². The van der Waals surface area contributed by atoms with E-state index in [1.165, 1.54) is 30.6 Å². The third-order valence-electron chi connectivity index (χ3n) is 5.40. The van der Waals surface area contributed by atoms with Crippen LogP contribution in [0.4, 0.5) is 5.13 Å². The van der Waals surface area contributed by atoms with E-state index >= 15 is 0 Å². The summed E-state index contributed by atoms with van der Waals surface area (Å²) in [7, 11) is -2.13. The molecule has 0 radical (unpaired) electrons. The molecule has 0 bridgehead atoms. The van der Waals surface area contributed by atoms with Gasteiger partial charge < -0.3 is 4.74 Å². The Labute approximate surface area is 207 Å². The van der Waals surface area contributed by atoms with E-state index in [4.69, 9.17) is 16.3 Å². The highest BCUT2D eigenvalue weighted by Crippen LogP contribution is 2.36. The van der Waals surface area contributed by atoms with E-state index < -0.39 is 9.84 Å². The van der Waals surface area contributed by atoms with Crippen molar-refractivity contribution >= 4 is 54.0 Å². The Bertz CT molecular complexity index is 1380. The third-order valence-corrected chi connectivity index (χ3v) is 8.68. The SMILES string of the molecule is COc1ccc(S(=O)(=O)CCC(=O)N(Cc2ccccc2)c2nc3c(C)ccc(Cl)c3s2)cc1. The Kier molecular flexibility index (Phi) is 7.21. The molecule has 0 spiro atoms. The van der Waals surface area contributed by atoms with Crippen LogP contribution in [0.15, 0.2) is 71.6 Å². The fourth-order valence-corrected chi connectivity index (χ4v) is 6.06. The number of carbonyl (C=O) groups is 1. The first-order chi connectivity index (χ1) is 16.3. The van der Waals surface area contributed by atoms with E-state index in [2.05, 4.69) is 4.98 Å². The van der Waals surface area contributed by atoms with Gasteiger partial charge in [0.05, 0.1) is 39.5 Å². The first-order valence-corrected chi connectivity index (χ1v) is 13.4. The number of sulfone groups is 1. The molecule has 0 aliphatic carbocycles. The smallest absolute Gasteiger partial charge is 0.230 e. The van der Waals surface area contributed by atoms with Crippen molar-refractivity contribution in [1.29, 1.82) is 0 Å². The molecule has 6 nitrogen and oxygen atoms in total. The minimum Gasteiger partial charge on any atom is -0.497 e. The van der Waals surface area contributed by atoms with Crippen LogP contribution >= 0.6 is 22.9 Å². The molecule has 0 unspecified atom stereocenters. The monoisotopic (exact) mass is 514 g/mol. The molecule has 0 saturated heterocycles. The Morgan fingerprint density at radius 2 is 1.76 bits per heavy atom. The van der Waals surface area contributed by atoms with Crippen molar-refractivity contribution in [2.75, 3.05) is 17.8 Å². The maximum atomic E-state index is 13.3. The molecule has 1 heterocycles. The zero-order valence-corrected chi connectivity index (χ0v) is 21.1. The van der Waals surface area contributed by atoms with E-state index in [0.29, 0.717) is 15.9 Å². The van der Waals surface area contributed by atoms with Crippen molar-refractivity contribution in [2.45, 2.75) is 24.8 Å². The van der Waals surface area contributed by atoms with E-state index in [1.54, 1.807) is 17.0 Å². The Balaban J connectivity index is 1.61. The summed E-state index contributed by atoms with van der Waals surface area (Å²) in [5.41, 5.74) is 2.61. The summed E-state index contributed by atoms with van der Waals surface area (Å²) in [4.78, 5) is 19.7. The van der Waals surface area contributed by atoms with Crippen molar-refractivity contribution in [3.05, 3.63) is 82.9 Å². The lowest BCUT2D eigenvalue weighted by atomic mass is 10.2. The standard InChI is InChI=1S/C25H23ClN2O4S2/c1-17-8-13-21(26)24-23(17)27-25(33-24)28(16-18-6-4-3-5-7-18)22(29)14-15-34(30,31)20-11-9-19(32-2)10-12-20/h3-13H,14-16H2,1-2H3. The van der Waals surface area contributed by atoms with Crippen LogP contribution in [0.1, 0.15) is 17.5 Å². The lowest BCUT2D eigenvalue weighted by Crippen LogP contribution is -2.31. The Hall–Kier alpha value is -2.94. The van der Waals surface area contributed by atoms with Crippen LogP contribution in [0.3, 0.4) is 0 Å². The number of nitrogens with zero attached hydrogens (tertiary/aromatic N) is 2. The highest BCUT2D eigenvalue weighted by molar-refractivity contribution is 7.91. The zero-order valence-electron chi connectivity index (χ0n) is 18.7. The average Bonchev–Trinajstić information content (AvgIpc) is 3.31. The summed E-state index contributed by atoms with van der Waals surface area (Å²) in [6.45, 7) is 2.21. The summed E-state index contributed by atoms with van der Waals surface area (Å²) in [6.07, 6.45) is -0.177. The lowest BCUT2D eigenvalue weighted by molar-refractivity contribution is -0.118. The van der Waals surface area contributed by atoms with Gasteiger partial charge in [0.15, 0.2) is 15.0 Å². The van der Waals surface area contributed by atoms with Gasteiger partial charge in [0.25, 0.3) is 0 Å². The molecular weight excluding hydrogens is 492 g/mol. The molecular formula is C25H23ClN2O4S2. The van der Waals surface area contributed by atoms with Gasteiger partial charge in [0.1, 0.15) is 5.75 Å². The van der Waals surface area contributed by atoms with Gasteiger partial charge in [-0.1, -0.05) is 59.3 Å². The molecule has 0 saturated carbocycles. The number of benzene rings is 3. The number of thiazole rings is 1. The van der Waals surface area contributed by atoms with E-state index in [9.17, 15) is 13.2 Å². The van der Waals surface area contributed by atoms with Crippen LogP contribution in [0.25, 0.3) is 10.2 Å². The molecule has 0 aliphatic rings. The van der Waals surface area contributed by atoms with Crippen LogP contribution in [0, 0.1) is 6.92 Å². The quantitative estimate of drug-likeness (QED) is 0.303. The maximum Gasteiger partial charge on any atom is 0.230 e. The van der Waals surface area contributed by atoms with Crippen LogP contribution in [-0.2, 0) is 21.2 Å². The number of rotatable bonds is 8. The molecule has 3 aromatic carbocycles. The lowest BCUT2D eigenvalue weighted by Gasteiger charge is -2.20. The Morgan fingerprint density at radius 3 is 2.41 bits per heavy atom. The molecule has 34 heavy (non-hydrogen) atoms. The first-order valence-electron chi connectivity index (χ1n) is 10.6. The molecule has 9 heteroatoms. The molecule has 1 amide bonds. The topological polar surface area (TPSA) is 76.6 Å². The average molecular weight is 515 g/mol. The summed E-state index contributed by atoms with van der Waals surface area (Å²) in [5, 5.41) is 1.06. The minimum atomic E-state index is -3.65. The number of anilines is 1. The number of fused-ring (bicyclic) bond motifs is 1. The van der Waals surface area contributed by atoms with Gasteiger partial charge in [-0.2, -0.15) is 0 Å². The summed E-state index contributed by atoms with van der Waals surface area (Å²) < 4.78 is 31.6. The van der Waals surface area contributed by atoms with Gasteiger partial charge in [-0.3, -0.25) is 9.69 Å². The zero-order chi connectivity index (χ0) is 24.3. The van der Waals surface area contributed by atoms with Gasteiger partial charge in [-0.05, 0) is 48.4 Å². The molecule has 4 aromatic rings. The van der Waals surface area contributed by atoms with Crippen molar-refractivity contribution in [3.63, 3.8) is 0 Å². The van der Waals surface area contributed by atoms with Gasteiger partial charge in [0.2, 0.25) is 5.91 Å². The molecule has 0 N–H and O–H groups in total. The normalized spacial score (nSPS) is 11.5. The number of aryl methyl sites for hydroxylation is 1. The van der Waals surface area contributed by atoms with Crippen molar-refractivity contribution in [3.8, 4) is 5.75 Å². The number of ether oxygens (including phenoxy) is 1. The second kappa shape index (κ2) is 10.1. The summed E-state index contributed by atoms with van der Waals surface area (Å²) in [5.74, 6) is -0.0728. The fraction of sp³-hybridized carbons (Fsp3) is 0.200. The van der Waals surface area contributed by atoms with E-state index in [1.807, 2.05) is 49.4 Å². The van der Waals surface area contributed by atoms with Gasteiger partial charge in [0, 0.05) is 6.42 Å². The predicted octanol–water partition coefficient (Wildman–Crippen LogP) is 5.66. The number of amides is 1. The Morgan fingerprint density at radius 1 is 1.06 bits per heavy atom. The number of hydrogen-bond donors (Lipinski definition) is 0. The number of methoxy groups -OCH3 is 1. The first kappa shape index (κ1) is 24.2. The van der Waals surface area contributed by atoms with Crippen LogP contribution in [0.5, 0.6) is 5.75 Å². The van der Waals surface area contributed by atoms with Gasteiger partial charge >= 0.3 is 0 Å². The number of aromatic nitrogens is 1. The molecule has 0 atom stereocenters. The van der Waals surface area contributed by atoms with E-state index in [-0.39, 0.29) is 29.5 Å². The number of carbonyl (C=O) groups excluding carboxylic acids is 1. The highest BCUT2D eigenvalue weighted by atomic mass is 35.5. The van der Waals surface area contributed by atoms with Crippen LogP contribution in [0.2, 0.25) is 5.02 Å². The largest absolute Gasteiger partial charge is 0.497 e. The number of halogens is 1. The van der Waals surface area contributed by atoms with Crippen LogP contribution in [-0.4, -0.2) is 32.2 Å². The molecule has 0 fully saturated rings.